The van der Waals surface area contributed by atoms with E-state index in [4.69, 9.17) is 21.3 Å². The Balaban J connectivity index is 1.24. The minimum Gasteiger partial charge on any atom is -0.487 e. The van der Waals surface area contributed by atoms with Crippen LogP contribution in [0.1, 0.15) is 16.1 Å². The number of ether oxygens (including phenoxy) is 1. The van der Waals surface area contributed by atoms with Crippen LogP contribution in [0.3, 0.4) is 0 Å². The van der Waals surface area contributed by atoms with Crippen LogP contribution in [0, 0.1) is 5.82 Å². The average molecular weight is 612 g/mol. The van der Waals surface area contributed by atoms with E-state index in [9.17, 15) is 12.8 Å². The molecular formula is C29H27ClFN5O3S2. The zero-order chi connectivity index (χ0) is 28.8. The zero-order valence-electron chi connectivity index (χ0n) is 22.1. The number of thiazole rings is 1. The van der Waals surface area contributed by atoms with Crippen LogP contribution in [0.15, 0.2) is 72.4 Å². The fraction of sp³-hybridized carbons (Fsp3) is 0.207. The van der Waals surface area contributed by atoms with E-state index < -0.39 is 9.84 Å². The maximum absolute atomic E-state index is 13.4. The van der Waals surface area contributed by atoms with E-state index in [0.29, 0.717) is 36.2 Å². The number of halogens is 2. The molecule has 212 valence electrons. The molecular weight excluding hydrogens is 585 g/mol. The summed E-state index contributed by atoms with van der Waals surface area (Å²) >= 11 is 7.98. The Morgan fingerprint density at radius 3 is 2.71 bits per heavy atom. The van der Waals surface area contributed by atoms with Gasteiger partial charge in [0.25, 0.3) is 0 Å². The first-order valence-corrected chi connectivity index (χ1v) is 16.0. The van der Waals surface area contributed by atoms with Crippen LogP contribution in [0.5, 0.6) is 5.75 Å². The third-order valence-electron chi connectivity index (χ3n) is 6.15. The van der Waals surface area contributed by atoms with E-state index in [-0.39, 0.29) is 18.2 Å². The number of benzene rings is 3. The molecule has 5 rings (SSSR count). The Labute approximate surface area is 246 Å². The number of rotatable bonds is 12. The first kappa shape index (κ1) is 28.9. The highest BCUT2D eigenvalue weighted by Gasteiger charge is 2.11. The van der Waals surface area contributed by atoms with Gasteiger partial charge >= 0.3 is 0 Å². The van der Waals surface area contributed by atoms with Gasteiger partial charge in [0.1, 0.15) is 45.2 Å². The first-order valence-electron chi connectivity index (χ1n) is 12.7. The van der Waals surface area contributed by atoms with Crippen molar-refractivity contribution in [3.8, 4) is 17.0 Å². The summed E-state index contributed by atoms with van der Waals surface area (Å²) in [4.78, 5) is 13.5. The van der Waals surface area contributed by atoms with Gasteiger partial charge < -0.3 is 15.4 Å². The minimum absolute atomic E-state index is 0.0897. The van der Waals surface area contributed by atoms with E-state index in [1.807, 2.05) is 35.7 Å². The predicted octanol–water partition coefficient (Wildman–Crippen LogP) is 5.87. The largest absolute Gasteiger partial charge is 0.487 e. The fourth-order valence-electron chi connectivity index (χ4n) is 4.08. The summed E-state index contributed by atoms with van der Waals surface area (Å²) in [5, 5.41) is 10.7. The van der Waals surface area contributed by atoms with Gasteiger partial charge in [-0.25, -0.2) is 27.8 Å². The van der Waals surface area contributed by atoms with Crippen LogP contribution in [-0.4, -0.2) is 41.9 Å². The molecule has 0 aliphatic heterocycles. The first-order chi connectivity index (χ1) is 19.7. The highest BCUT2D eigenvalue weighted by molar-refractivity contribution is 7.90. The van der Waals surface area contributed by atoms with Crippen LogP contribution in [0.4, 0.5) is 10.2 Å². The molecule has 0 aliphatic rings. The van der Waals surface area contributed by atoms with Crippen molar-refractivity contribution < 1.29 is 17.5 Å². The summed E-state index contributed by atoms with van der Waals surface area (Å²) in [6.45, 7) is 1.57. The molecule has 0 amide bonds. The Morgan fingerprint density at radius 1 is 1.02 bits per heavy atom. The Morgan fingerprint density at radius 2 is 1.90 bits per heavy atom. The third-order valence-corrected chi connectivity index (χ3v) is 8.24. The van der Waals surface area contributed by atoms with Crippen molar-refractivity contribution in [3.63, 3.8) is 0 Å². The van der Waals surface area contributed by atoms with Gasteiger partial charge in [-0.05, 0) is 47.5 Å². The lowest BCUT2D eigenvalue weighted by molar-refractivity contribution is 0.305. The van der Waals surface area contributed by atoms with Gasteiger partial charge in [-0.15, -0.1) is 11.3 Å². The number of hydrogen-bond donors (Lipinski definition) is 2. The van der Waals surface area contributed by atoms with Crippen molar-refractivity contribution in [2.24, 2.45) is 0 Å². The van der Waals surface area contributed by atoms with Crippen LogP contribution in [0.25, 0.3) is 22.2 Å². The van der Waals surface area contributed by atoms with Crippen LogP contribution in [0.2, 0.25) is 5.02 Å². The molecule has 0 atom stereocenters. The van der Waals surface area contributed by atoms with Gasteiger partial charge in [0, 0.05) is 42.2 Å². The Hall–Kier alpha value is -3.64. The topological polar surface area (TPSA) is 106 Å². The molecule has 0 bridgehead atoms. The molecule has 0 radical (unpaired) electrons. The Bertz CT molecular complexity index is 1780. The molecule has 2 heterocycles. The van der Waals surface area contributed by atoms with Crippen LogP contribution >= 0.6 is 22.9 Å². The highest BCUT2D eigenvalue weighted by atomic mass is 35.5. The summed E-state index contributed by atoms with van der Waals surface area (Å²) in [7, 11) is -3.00. The zero-order valence-corrected chi connectivity index (χ0v) is 24.5. The SMILES string of the molecule is CS(=O)(=O)CCNCc1nc(-c2ccc3ncnc(NCc4ccc(OCc5cccc(F)c5)c(Cl)c4)c3c2)cs1. The lowest BCUT2D eigenvalue weighted by Crippen LogP contribution is -2.21. The quantitative estimate of drug-likeness (QED) is 0.169. The summed E-state index contributed by atoms with van der Waals surface area (Å²) in [5.41, 5.74) is 4.20. The number of nitrogens with one attached hydrogen (secondary N) is 2. The van der Waals surface area contributed by atoms with Gasteiger partial charge in [0.2, 0.25) is 0 Å². The van der Waals surface area contributed by atoms with Gasteiger partial charge in [0.15, 0.2) is 0 Å². The van der Waals surface area contributed by atoms with E-state index in [1.54, 1.807) is 18.2 Å². The van der Waals surface area contributed by atoms with Crippen molar-refractivity contribution in [3.05, 3.63) is 99.3 Å². The maximum atomic E-state index is 13.4. The summed E-state index contributed by atoms with van der Waals surface area (Å²) < 4.78 is 41.8. The van der Waals surface area contributed by atoms with Crippen molar-refractivity contribution in [2.45, 2.75) is 19.7 Å². The smallest absolute Gasteiger partial charge is 0.148 e. The standard InChI is InChI=1S/C29H27ClFN5O3S2/c1-41(37,38)10-9-32-15-28-36-26(17-40-28)21-6-7-25-23(13-21)29(35-18-34-25)33-14-19-5-8-27(24(30)12-19)39-16-20-3-2-4-22(31)11-20/h2-8,11-13,17-18,32H,9-10,14-16H2,1H3,(H,33,34,35). The highest BCUT2D eigenvalue weighted by Crippen LogP contribution is 2.30. The fourth-order valence-corrected chi connectivity index (χ4v) is 5.63. The van der Waals surface area contributed by atoms with Crippen molar-refractivity contribution >= 4 is 49.5 Å². The molecule has 3 aromatic carbocycles. The summed E-state index contributed by atoms with van der Waals surface area (Å²) in [6, 6.07) is 17.7. The van der Waals surface area contributed by atoms with Gasteiger partial charge in [0.05, 0.1) is 22.0 Å². The van der Waals surface area contributed by atoms with E-state index in [0.717, 1.165) is 38.3 Å². The number of fused-ring (bicyclic) bond motifs is 1. The van der Waals surface area contributed by atoms with E-state index in [1.165, 1.54) is 36.1 Å². The number of hydrogen-bond acceptors (Lipinski definition) is 9. The van der Waals surface area contributed by atoms with Crippen LogP contribution in [-0.2, 0) is 29.5 Å². The molecule has 41 heavy (non-hydrogen) atoms. The normalized spacial score (nSPS) is 11.6. The number of nitrogens with zero attached hydrogens (tertiary/aromatic N) is 3. The van der Waals surface area contributed by atoms with Crippen LogP contribution < -0.4 is 15.4 Å². The molecule has 0 saturated heterocycles. The summed E-state index contributed by atoms with van der Waals surface area (Å²) in [5.74, 6) is 0.977. The van der Waals surface area contributed by atoms with Gasteiger partial charge in [-0.3, -0.25) is 0 Å². The number of anilines is 1. The minimum atomic E-state index is -3.00. The number of sulfone groups is 1. The molecule has 0 fully saturated rings. The number of aromatic nitrogens is 3. The van der Waals surface area contributed by atoms with Crippen molar-refractivity contribution in [2.75, 3.05) is 23.9 Å². The van der Waals surface area contributed by atoms with Gasteiger partial charge in [-0.2, -0.15) is 0 Å². The predicted molar refractivity (Wildman–Crippen MR) is 162 cm³/mol. The molecule has 12 heteroatoms. The summed E-state index contributed by atoms with van der Waals surface area (Å²) in [6.07, 6.45) is 2.74. The van der Waals surface area contributed by atoms with E-state index >= 15 is 0 Å². The second-order valence-electron chi connectivity index (χ2n) is 9.42. The second-order valence-corrected chi connectivity index (χ2v) is 13.0. The molecule has 0 saturated carbocycles. The average Bonchev–Trinajstić information content (AvgIpc) is 3.42. The molecule has 2 aromatic heterocycles. The molecule has 2 N–H and O–H groups in total. The Kier molecular flexibility index (Phi) is 9.09. The van der Waals surface area contributed by atoms with E-state index in [2.05, 4.69) is 20.6 Å². The lowest BCUT2D eigenvalue weighted by Gasteiger charge is -2.12. The molecule has 0 aliphatic carbocycles. The lowest BCUT2D eigenvalue weighted by atomic mass is 10.1. The molecule has 0 spiro atoms. The monoisotopic (exact) mass is 611 g/mol. The molecule has 0 unspecified atom stereocenters. The molecule has 5 aromatic rings. The van der Waals surface area contributed by atoms with Crippen molar-refractivity contribution in [1.82, 2.24) is 20.3 Å². The van der Waals surface area contributed by atoms with Gasteiger partial charge in [-0.1, -0.05) is 35.9 Å². The third kappa shape index (κ3) is 7.98. The second kappa shape index (κ2) is 12.9. The maximum Gasteiger partial charge on any atom is 0.148 e. The molecule has 8 nitrogen and oxygen atoms in total. The van der Waals surface area contributed by atoms with Crippen molar-refractivity contribution in [1.29, 1.82) is 0 Å².